The van der Waals surface area contributed by atoms with Crippen LogP contribution >= 0.6 is 0 Å². The number of alkyl halides is 3. The zero-order valence-electron chi connectivity index (χ0n) is 11.4. The van der Waals surface area contributed by atoms with Crippen molar-refractivity contribution in [2.45, 2.75) is 38.6 Å². The van der Waals surface area contributed by atoms with Gasteiger partial charge in [-0.05, 0) is 38.1 Å². The number of hydrogen-bond donors (Lipinski definition) is 1. The Balaban J connectivity index is 3.04. The van der Waals surface area contributed by atoms with Gasteiger partial charge in [0.15, 0.2) is 0 Å². The largest absolute Gasteiger partial charge is 0.416 e. The van der Waals surface area contributed by atoms with Gasteiger partial charge >= 0.3 is 6.18 Å². The highest BCUT2D eigenvalue weighted by Crippen LogP contribution is 2.31. The van der Waals surface area contributed by atoms with Gasteiger partial charge in [0.1, 0.15) is 0 Å². The topological polar surface area (TPSA) is 21.3 Å². The summed E-state index contributed by atoms with van der Waals surface area (Å²) in [6, 6.07) is 5.15. The van der Waals surface area contributed by atoms with Crippen LogP contribution in [0.2, 0.25) is 0 Å². The van der Waals surface area contributed by atoms with E-state index >= 15 is 0 Å². The third kappa shape index (κ3) is 4.21. The molecular weight excluding hydrogens is 255 g/mol. The van der Waals surface area contributed by atoms with Crippen molar-refractivity contribution in [3.05, 3.63) is 35.4 Å². The van der Waals surface area contributed by atoms with Crippen LogP contribution in [0.25, 0.3) is 0 Å². The summed E-state index contributed by atoms with van der Waals surface area (Å²) in [6.45, 7) is 4.37. The van der Waals surface area contributed by atoms with Crippen LogP contribution in [-0.2, 0) is 10.9 Å². The maximum absolute atomic E-state index is 12.7. The van der Waals surface area contributed by atoms with Gasteiger partial charge in [0, 0.05) is 6.61 Å². The van der Waals surface area contributed by atoms with Gasteiger partial charge < -0.3 is 10.1 Å². The Kier molecular flexibility index (Phi) is 5.82. The molecule has 0 saturated carbocycles. The normalized spacial score (nSPS) is 15.3. The van der Waals surface area contributed by atoms with Gasteiger partial charge in [-0.1, -0.05) is 19.1 Å². The Labute approximate surface area is 112 Å². The third-order valence-corrected chi connectivity index (χ3v) is 3.04. The monoisotopic (exact) mass is 275 g/mol. The fraction of sp³-hybridized carbons (Fsp3) is 0.571. The van der Waals surface area contributed by atoms with Crippen molar-refractivity contribution in [1.29, 1.82) is 0 Å². The van der Waals surface area contributed by atoms with Gasteiger partial charge in [0.25, 0.3) is 0 Å². The summed E-state index contributed by atoms with van der Waals surface area (Å²) in [5, 5.41) is 3.04. The van der Waals surface area contributed by atoms with Crippen LogP contribution in [0.1, 0.15) is 37.4 Å². The first-order valence-electron chi connectivity index (χ1n) is 6.40. The highest BCUT2D eigenvalue weighted by Gasteiger charge is 2.31. The molecule has 2 unspecified atom stereocenters. The first-order chi connectivity index (χ1) is 8.93. The second kappa shape index (κ2) is 6.91. The molecule has 19 heavy (non-hydrogen) atoms. The van der Waals surface area contributed by atoms with Crippen LogP contribution in [0.5, 0.6) is 0 Å². The molecule has 1 rings (SSSR count). The van der Waals surface area contributed by atoms with E-state index in [4.69, 9.17) is 4.74 Å². The predicted octanol–water partition coefficient (Wildman–Crippen LogP) is 3.78. The molecular formula is C14H20F3NO. The van der Waals surface area contributed by atoms with Gasteiger partial charge in [0.05, 0.1) is 17.7 Å². The van der Waals surface area contributed by atoms with Crippen molar-refractivity contribution in [3.8, 4) is 0 Å². The molecule has 0 bridgehead atoms. The molecule has 2 nitrogen and oxygen atoms in total. The summed E-state index contributed by atoms with van der Waals surface area (Å²) < 4.78 is 43.7. The van der Waals surface area contributed by atoms with E-state index < -0.39 is 11.7 Å². The second-order valence-corrected chi connectivity index (χ2v) is 4.29. The molecule has 1 aromatic carbocycles. The van der Waals surface area contributed by atoms with E-state index in [9.17, 15) is 13.2 Å². The molecule has 0 aliphatic heterocycles. The Morgan fingerprint density at radius 3 is 2.42 bits per heavy atom. The van der Waals surface area contributed by atoms with Gasteiger partial charge in [-0.3, -0.25) is 0 Å². The zero-order valence-corrected chi connectivity index (χ0v) is 11.4. The number of rotatable bonds is 6. The van der Waals surface area contributed by atoms with Gasteiger partial charge in [-0.25, -0.2) is 0 Å². The van der Waals surface area contributed by atoms with E-state index in [1.165, 1.54) is 12.1 Å². The van der Waals surface area contributed by atoms with Crippen molar-refractivity contribution in [2.24, 2.45) is 0 Å². The lowest BCUT2D eigenvalue weighted by Crippen LogP contribution is -2.31. The van der Waals surface area contributed by atoms with Gasteiger partial charge in [-0.2, -0.15) is 13.2 Å². The molecule has 2 atom stereocenters. The summed E-state index contributed by atoms with van der Waals surface area (Å²) in [5.74, 6) is 0. The standard InChI is InChI=1S/C14H20F3NO/c1-4-12(19-5-2)13(18-3)10-7-6-8-11(9-10)14(15,16)17/h6-9,12-13,18H,4-5H2,1-3H3. The highest BCUT2D eigenvalue weighted by molar-refractivity contribution is 5.28. The number of hydrogen-bond acceptors (Lipinski definition) is 2. The summed E-state index contributed by atoms with van der Waals surface area (Å²) in [7, 11) is 1.73. The maximum atomic E-state index is 12.7. The van der Waals surface area contributed by atoms with Crippen LogP contribution < -0.4 is 5.32 Å². The van der Waals surface area contributed by atoms with Crippen LogP contribution in [0.3, 0.4) is 0 Å². The molecule has 5 heteroatoms. The van der Waals surface area contributed by atoms with Crippen LogP contribution in [0.15, 0.2) is 24.3 Å². The molecule has 0 heterocycles. The molecule has 1 aromatic rings. The van der Waals surface area contributed by atoms with E-state index in [0.717, 1.165) is 12.5 Å². The lowest BCUT2D eigenvalue weighted by atomic mass is 9.97. The summed E-state index contributed by atoms with van der Waals surface area (Å²) in [6.07, 6.45) is -3.73. The molecule has 0 aliphatic carbocycles. The number of benzene rings is 1. The number of nitrogens with one attached hydrogen (secondary N) is 1. The number of likely N-dealkylation sites (N-methyl/N-ethyl adjacent to an activating group) is 1. The predicted molar refractivity (Wildman–Crippen MR) is 68.9 cm³/mol. The molecule has 108 valence electrons. The molecule has 0 amide bonds. The zero-order chi connectivity index (χ0) is 14.5. The molecule has 0 spiro atoms. The molecule has 0 radical (unpaired) electrons. The van der Waals surface area contributed by atoms with Crippen LogP contribution in [0, 0.1) is 0 Å². The lowest BCUT2D eigenvalue weighted by molar-refractivity contribution is -0.137. The Hall–Kier alpha value is -1.07. The van der Waals surface area contributed by atoms with E-state index in [1.54, 1.807) is 13.1 Å². The lowest BCUT2D eigenvalue weighted by Gasteiger charge is -2.26. The quantitative estimate of drug-likeness (QED) is 0.853. The first kappa shape index (κ1) is 16.0. The minimum Gasteiger partial charge on any atom is -0.377 e. The Morgan fingerprint density at radius 1 is 1.26 bits per heavy atom. The average molecular weight is 275 g/mol. The van der Waals surface area contributed by atoms with Gasteiger partial charge in [0.2, 0.25) is 0 Å². The third-order valence-electron chi connectivity index (χ3n) is 3.04. The molecule has 0 fully saturated rings. The van der Waals surface area contributed by atoms with E-state index in [2.05, 4.69) is 5.32 Å². The maximum Gasteiger partial charge on any atom is 0.416 e. The van der Waals surface area contributed by atoms with E-state index in [-0.39, 0.29) is 12.1 Å². The molecule has 1 N–H and O–H groups in total. The number of halogens is 3. The Morgan fingerprint density at radius 2 is 1.95 bits per heavy atom. The fourth-order valence-electron chi connectivity index (χ4n) is 2.14. The summed E-state index contributed by atoms with van der Waals surface area (Å²) in [5.41, 5.74) is -0.0331. The summed E-state index contributed by atoms with van der Waals surface area (Å²) >= 11 is 0. The minimum absolute atomic E-state index is 0.140. The van der Waals surface area contributed by atoms with Crippen molar-refractivity contribution < 1.29 is 17.9 Å². The fourth-order valence-corrected chi connectivity index (χ4v) is 2.14. The van der Waals surface area contributed by atoms with Crippen LogP contribution in [-0.4, -0.2) is 19.8 Å². The molecule has 0 aromatic heterocycles. The van der Waals surface area contributed by atoms with E-state index in [0.29, 0.717) is 12.2 Å². The highest BCUT2D eigenvalue weighted by atomic mass is 19.4. The first-order valence-corrected chi connectivity index (χ1v) is 6.40. The average Bonchev–Trinajstić information content (AvgIpc) is 2.38. The number of ether oxygens (including phenoxy) is 1. The van der Waals surface area contributed by atoms with Crippen molar-refractivity contribution >= 4 is 0 Å². The van der Waals surface area contributed by atoms with E-state index in [1.807, 2.05) is 13.8 Å². The second-order valence-electron chi connectivity index (χ2n) is 4.29. The van der Waals surface area contributed by atoms with Crippen molar-refractivity contribution in [2.75, 3.05) is 13.7 Å². The SMILES string of the molecule is CCOC(CC)C(NC)c1cccc(C(F)(F)F)c1. The van der Waals surface area contributed by atoms with Crippen LogP contribution in [0.4, 0.5) is 13.2 Å². The van der Waals surface area contributed by atoms with Gasteiger partial charge in [-0.15, -0.1) is 0 Å². The summed E-state index contributed by atoms with van der Waals surface area (Å²) in [4.78, 5) is 0. The minimum atomic E-state index is -4.32. The molecule has 0 saturated heterocycles. The van der Waals surface area contributed by atoms with Crippen molar-refractivity contribution in [3.63, 3.8) is 0 Å². The smallest absolute Gasteiger partial charge is 0.377 e. The van der Waals surface area contributed by atoms with Crippen molar-refractivity contribution in [1.82, 2.24) is 5.32 Å². The molecule has 0 aliphatic rings. The Bertz CT molecular complexity index is 393.